The van der Waals surface area contributed by atoms with Gasteiger partial charge in [0, 0.05) is 36.4 Å². The Morgan fingerprint density at radius 3 is 2.67 bits per heavy atom. The summed E-state index contributed by atoms with van der Waals surface area (Å²) in [5.74, 6) is 2.04. The van der Waals surface area contributed by atoms with E-state index < -0.39 is 0 Å². The lowest BCUT2D eigenvalue weighted by Gasteiger charge is -2.16. The Balaban J connectivity index is 2.48. The second-order valence-corrected chi connectivity index (χ2v) is 5.01. The van der Waals surface area contributed by atoms with E-state index in [1.807, 2.05) is 20.2 Å². The molecule has 2 aromatic rings. The van der Waals surface area contributed by atoms with E-state index in [1.54, 1.807) is 26.5 Å². The Kier molecular flexibility index (Phi) is 4.70. The molecule has 21 heavy (non-hydrogen) atoms. The van der Waals surface area contributed by atoms with Gasteiger partial charge in [-0.15, -0.1) is 0 Å². The van der Waals surface area contributed by atoms with Crippen LogP contribution in [0.25, 0.3) is 10.8 Å². The van der Waals surface area contributed by atoms with Crippen molar-refractivity contribution in [3.63, 3.8) is 0 Å². The summed E-state index contributed by atoms with van der Waals surface area (Å²) in [6, 6.07) is 3.64. The van der Waals surface area contributed by atoms with E-state index in [-0.39, 0.29) is 0 Å². The van der Waals surface area contributed by atoms with E-state index in [2.05, 4.69) is 15.2 Å². The first-order valence-electron chi connectivity index (χ1n) is 6.76. The molecule has 1 aromatic heterocycles. The third kappa shape index (κ3) is 3.11. The van der Waals surface area contributed by atoms with E-state index in [4.69, 9.17) is 15.2 Å². The number of pyridine rings is 1. The van der Waals surface area contributed by atoms with Gasteiger partial charge in [-0.1, -0.05) is 0 Å². The van der Waals surface area contributed by atoms with Gasteiger partial charge in [-0.05, 0) is 20.2 Å². The SMILES string of the molecule is COc1cc(N)c2c(NCCN(C)C)nccc2c1OC. The Hall–Kier alpha value is -2.21. The van der Waals surface area contributed by atoms with Gasteiger partial charge in [0.1, 0.15) is 5.82 Å². The van der Waals surface area contributed by atoms with Gasteiger partial charge in [-0.3, -0.25) is 0 Å². The zero-order valence-electron chi connectivity index (χ0n) is 12.9. The summed E-state index contributed by atoms with van der Waals surface area (Å²) in [6.07, 6.45) is 1.74. The molecule has 0 unspecified atom stereocenters. The van der Waals surface area contributed by atoms with E-state index in [0.717, 1.165) is 29.7 Å². The minimum atomic E-state index is 0.614. The number of nitrogens with zero attached hydrogens (tertiary/aromatic N) is 2. The van der Waals surface area contributed by atoms with Crippen molar-refractivity contribution in [2.45, 2.75) is 0 Å². The number of nitrogens with one attached hydrogen (secondary N) is 1. The lowest BCUT2D eigenvalue weighted by atomic mass is 10.1. The van der Waals surface area contributed by atoms with Crippen molar-refractivity contribution in [1.29, 1.82) is 0 Å². The molecule has 0 spiro atoms. The van der Waals surface area contributed by atoms with Crippen LogP contribution in [0.1, 0.15) is 0 Å². The topological polar surface area (TPSA) is 72.6 Å². The van der Waals surface area contributed by atoms with Crippen molar-refractivity contribution in [2.24, 2.45) is 0 Å². The highest BCUT2D eigenvalue weighted by atomic mass is 16.5. The normalized spacial score (nSPS) is 10.9. The average Bonchev–Trinajstić information content (AvgIpc) is 2.46. The Morgan fingerprint density at radius 1 is 1.29 bits per heavy atom. The van der Waals surface area contributed by atoms with Crippen LogP contribution >= 0.6 is 0 Å². The summed E-state index contributed by atoms with van der Waals surface area (Å²) in [6.45, 7) is 1.69. The molecule has 0 aliphatic carbocycles. The Bertz CT molecular complexity index is 629. The Labute approximate surface area is 124 Å². The van der Waals surface area contributed by atoms with Crippen molar-refractivity contribution in [3.05, 3.63) is 18.3 Å². The number of nitrogens with two attached hydrogens (primary N) is 1. The molecule has 0 fully saturated rings. The number of rotatable bonds is 6. The highest BCUT2D eigenvalue weighted by Crippen LogP contribution is 2.41. The quantitative estimate of drug-likeness (QED) is 0.791. The predicted octanol–water partition coefficient (Wildman–Crippen LogP) is 1.81. The van der Waals surface area contributed by atoms with Crippen LogP contribution in [0.5, 0.6) is 11.5 Å². The van der Waals surface area contributed by atoms with Gasteiger partial charge in [-0.25, -0.2) is 4.98 Å². The number of likely N-dealkylation sites (N-methyl/N-ethyl adjacent to an activating group) is 1. The van der Waals surface area contributed by atoms with Crippen LogP contribution in [0, 0.1) is 0 Å². The fourth-order valence-corrected chi connectivity index (χ4v) is 2.25. The number of aromatic nitrogens is 1. The maximum absolute atomic E-state index is 6.16. The number of methoxy groups -OCH3 is 2. The van der Waals surface area contributed by atoms with Gasteiger partial charge in [-0.2, -0.15) is 0 Å². The molecule has 1 aromatic carbocycles. The molecule has 0 saturated carbocycles. The second-order valence-electron chi connectivity index (χ2n) is 5.01. The lowest BCUT2D eigenvalue weighted by molar-refractivity contribution is 0.359. The van der Waals surface area contributed by atoms with Crippen LogP contribution in [0.3, 0.4) is 0 Å². The average molecular weight is 290 g/mol. The summed E-state index contributed by atoms with van der Waals surface area (Å²) in [4.78, 5) is 6.49. The summed E-state index contributed by atoms with van der Waals surface area (Å²) in [5.41, 5.74) is 6.78. The van der Waals surface area contributed by atoms with Gasteiger partial charge in [0.2, 0.25) is 0 Å². The Morgan fingerprint density at radius 2 is 2.05 bits per heavy atom. The molecule has 0 radical (unpaired) electrons. The van der Waals surface area contributed by atoms with E-state index in [9.17, 15) is 0 Å². The van der Waals surface area contributed by atoms with Crippen LogP contribution in [-0.2, 0) is 0 Å². The maximum Gasteiger partial charge on any atom is 0.168 e. The van der Waals surface area contributed by atoms with Gasteiger partial charge in [0.15, 0.2) is 11.5 Å². The second kappa shape index (κ2) is 6.49. The van der Waals surface area contributed by atoms with Gasteiger partial charge in [0.05, 0.1) is 19.6 Å². The summed E-state index contributed by atoms with van der Waals surface area (Å²) < 4.78 is 10.8. The number of benzene rings is 1. The first-order valence-corrected chi connectivity index (χ1v) is 6.76. The lowest BCUT2D eigenvalue weighted by Crippen LogP contribution is -2.21. The van der Waals surface area contributed by atoms with Crippen LogP contribution in [0.2, 0.25) is 0 Å². The standard InChI is InChI=1S/C15H22N4O2/c1-19(2)8-7-18-15-13-10(5-6-17-15)14(21-4)12(20-3)9-11(13)16/h5-6,9H,7-8,16H2,1-4H3,(H,17,18). The largest absolute Gasteiger partial charge is 0.493 e. The molecule has 114 valence electrons. The predicted molar refractivity (Wildman–Crippen MR) is 86.3 cm³/mol. The summed E-state index contributed by atoms with van der Waals surface area (Å²) in [5, 5.41) is 5.06. The van der Waals surface area contributed by atoms with Crippen molar-refractivity contribution in [1.82, 2.24) is 9.88 Å². The van der Waals surface area contributed by atoms with Crippen LogP contribution in [-0.4, -0.2) is 51.3 Å². The number of nitrogen functional groups attached to an aromatic ring is 1. The molecule has 6 nitrogen and oxygen atoms in total. The summed E-state index contributed by atoms with van der Waals surface area (Å²) >= 11 is 0. The third-order valence-corrected chi connectivity index (χ3v) is 3.27. The van der Waals surface area contributed by atoms with Crippen LogP contribution in [0.15, 0.2) is 18.3 Å². The number of hydrogen-bond acceptors (Lipinski definition) is 6. The van der Waals surface area contributed by atoms with Gasteiger partial charge < -0.3 is 25.4 Å². The van der Waals surface area contributed by atoms with Gasteiger partial charge >= 0.3 is 0 Å². The number of fused-ring (bicyclic) bond motifs is 1. The zero-order chi connectivity index (χ0) is 15.4. The van der Waals surface area contributed by atoms with Crippen molar-refractivity contribution in [2.75, 3.05) is 52.5 Å². The minimum absolute atomic E-state index is 0.614. The maximum atomic E-state index is 6.16. The van der Waals surface area contributed by atoms with E-state index in [0.29, 0.717) is 17.2 Å². The van der Waals surface area contributed by atoms with Crippen LogP contribution in [0.4, 0.5) is 11.5 Å². The molecule has 0 aliphatic heterocycles. The van der Waals surface area contributed by atoms with Crippen molar-refractivity contribution >= 4 is 22.3 Å². The molecule has 1 heterocycles. The number of hydrogen-bond donors (Lipinski definition) is 2. The van der Waals surface area contributed by atoms with E-state index >= 15 is 0 Å². The smallest absolute Gasteiger partial charge is 0.168 e. The van der Waals surface area contributed by atoms with Crippen molar-refractivity contribution < 1.29 is 9.47 Å². The molecule has 3 N–H and O–H groups in total. The number of anilines is 2. The molecular formula is C15H22N4O2. The molecule has 0 saturated heterocycles. The highest BCUT2D eigenvalue weighted by molar-refractivity contribution is 6.05. The molecule has 0 atom stereocenters. The molecule has 0 amide bonds. The van der Waals surface area contributed by atoms with E-state index in [1.165, 1.54) is 0 Å². The molecule has 2 rings (SSSR count). The first-order chi connectivity index (χ1) is 10.1. The molecular weight excluding hydrogens is 268 g/mol. The monoisotopic (exact) mass is 290 g/mol. The molecule has 6 heteroatoms. The number of ether oxygens (including phenoxy) is 2. The third-order valence-electron chi connectivity index (χ3n) is 3.27. The van der Waals surface area contributed by atoms with Crippen molar-refractivity contribution in [3.8, 4) is 11.5 Å². The minimum Gasteiger partial charge on any atom is -0.493 e. The fraction of sp³-hybridized carbons (Fsp3) is 0.400. The highest BCUT2D eigenvalue weighted by Gasteiger charge is 2.15. The molecule has 0 aliphatic rings. The zero-order valence-corrected chi connectivity index (χ0v) is 12.9. The molecule has 0 bridgehead atoms. The van der Waals surface area contributed by atoms with Crippen LogP contribution < -0.4 is 20.5 Å². The van der Waals surface area contributed by atoms with Gasteiger partial charge in [0.25, 0.3) is 0 Å². The fourth-order valence-electron chi connectivity index (χ4n) is 2.25. The first kappa shape index (κ1) is 15.2. The summed E-state index contributed by atoms with van der Waals surface area (Å²) in [7, 11) is 7.27.